The van der Waals surface area contributed by atoms with E-state index in [-0.39, 0.29) is 0 Å². The van der Waals surface area contributed by atoms with E-state index >= 15 is 0 Å². The molecule has 0 heterocycles. The normalized spacial score (nSPS) is 30.3. The van der Waals surface area contributed by atoms with Crippen LogP contribution in [-0.2, 0) is 12.0 Å². The SMILES string of the molecule is CCCc1cccc(C2(O)CCC(C)(C)CC2C)c1. The molecule has 1 heteroatoms. The third kappa shape index (κ3) is 3.02. The van der Waals surface area contributed by atoms with Crippen molar-refractivity contribution in [3.05, 3.63) is 35.4 Å². The summed E-state index contributed by atoms with van der Waals surface area (Å²) in [7, 11) is 0. The number of benzene rings is 1. The lowest BCUT2D eigenvalue weighted by Crippen LogP contribution is -2.41. The highest BCUT2D eigenvalue weighted by Crippen LogP contribution is 2.48. The lowest BCUT2D eigenvalue weighted by atomic mass is 9.63. The van der Waals surface area contributed by atoms with Crippen molar-refractivity contribution in [3.63, 3.8) is 0 Å². The summed E-state index contributed by atoms with van der Waals surface area (Å²) in [5.74, 6) is 0.327. The van der Waals surface area contributed by atoms with Gasteiger partial charge in [0.1, 0.15) is 0 Å². The summed E-state index contributed by atoms with van der Waals surface area (Å²) < 4.78 is 0. The van der Waals surface area contributed by atoms with Crippen LogP contribution in [0.2, 0.25) is 0 Å². The van der Waals surface area contributed by atoms with Crippen LogP contribution in [0.15, 0.2) is 24.3 Å². The second-order valence-corrected chi connectivity index (χ2v) is 7.14. The molecule has 2 rings (SSSR count). The molecule has 0 aliphatic heterocycles. The van der Waals surface area contributed by atoms with Crippen molar-refractivity contribution in [3.8, 4) is 0 Å². The first kappa shape index (κ1) is 14.6. The van der Waals surface area contributed by atoms with Gasteiger partial charge in [0, 0.05) is 0 Å². The highest BCUT2D eigenvalue weighted by atomic mass is 16.3. The average Bonchev–Trinajstić information content (AvgIpc) is 2.35. The first-order valence-electron chi connectivity index (χ1n) is 7.69. The molecular weight excluding hydrogens is 232 g/mol. The van der Waals surface area contributed by atoms with Crippen LogP contribution in [0, 0.1) is 11.3 Å². The molecule has 1 aliphatic carbocycles. The minimum Gasteiger partial charge on any atom is -0.385 e. The van der Waals surface area contributed by atoms with Crippen LogP contribution in [0.25, 0.3) is 0 Å². The first-order valence-corrected chi connectivity index (χ1v) is 7.69. The predicted molar refractivity (Wildman–Crippen MR) is 81.1 cm³/mol. The summed E-state index contributed by atoms with van der Waals surface area (Å²) >= 11 is 0. The topological polar surface area (TPSA) is 20.2 Å². The monoisotopic (exact) mass is 260 g/mol. The van der Waals surface area contributed by atoms with E-state index in [2.05, 4.69) is 52.0 Å². The number of hydrogen-bond donors (Lipinski definition) is 1. The molecule has 2 unspecified atom stereocenters. The molecule has 1 saturated carbocycles. The Bertz CT molecular complexity index is 435. The van der Waals surface area contributed by atoms with Crippen LogP contribution < -0.4 is 0 Å². The van der Waals surface area contributed by atoms with Gasteiger partial charge in [0.15, 0.2) is 0 Å². The molecule has 1 nitrogen and oxygen atoms in total. The molecule has 1 aromatic carbocycles. The number of aryl methyl sites for hydroxylation is 1. The predicted octanol–water partition coefficient (Wildman–Crippen LogP) is 4.67. The van der Waals surface area contributed by atoms with Crippen molar-refractivity contribution >= 4 is 0 Å². The van der Waals surface area contributed by atoms with E-state index in [1.165, 1.54) is 5.56 Å². The Morgan fingerprint density at radius 3 is 2.63 bits per heavy atom. The van der Waals surface area contributed by atoms with Gasteiger partial charge in [-0.25, -0.2) is 0 Å². The third-order valence-electron chi connectivity index (χ3n) is 4.82. The second-order valence-electron chi connectivity index (χ2n) is 7.14. The maximum atomic E-state index is 11.1. The minimum absolute atomic E-state index is 0.327. The fourth-order valence-corrected chi connectivity index (χ4v) is 3.59. The van der Waals surface area contributed by atoms with Crippen LogP contribution >= 0.6 is 0 Å². The quantitative estimate of drug-likeness (QED) is 0.837. The van der Waals surface area contributed by atoms with Gasteiger partial charge in [0.25, 0.3) is 0 Å². The summed E-state index contributed by atoms with van der Waals surface area (Å²) in [5.41, 5.74) is 2.22. The minimum atomic E-state index is -0.626. The zero-order valence-electron chi connectivity index (χ0n) is 12.9. The third-order valence-corrected chi connectivity index (χ3v) is 4.82. The molecule has 1 aliphatic rings. The van der Waals surface area contributed by atoms with Crippen LogP contribution in [-0.4, -0.2) is 5.11 Å². The summed E-state index contributed by atoms with van der Waals surface area (Å²) in [6, 6.07) is 8.60. The van der Waals surface area contributed by atoms with E-state index in [0.717, 1.165) is 37.7 Å². The zero-order chi connectivity index (χ0) is 14.1. The van der Waals surface area contributed by atoms with Crippen molar-refractivity contribution in [2.45, 2.75) is 65.4 Å². The molecular formula is C18H28O. The smallest absolute Gasteiger partial charge is 0.0922 e. The van der Waals surface area contributed by atoms with Gasteiger partial charge in [0.05, 0.1) is 5.60 Å². The van der Waals surface area contributed by atoms with E-state index in [1.54, 1.807) is 0 Å². The van der Waals surface area contributed by atoms with Crippen LogP contribution in [0.3, 0.4) is 0 Å². The Morgan fingerprint density at radius 2 is 2.00 bits per heavy atom. The van der Waals surface area contributed by atoms with Crippen molar-refractivity contribution in [1.82, 2.24) is 0 Å². The lowest BCUT2D eigenvalue weighted by molar-refractivity contribution is -0.0770. The van der Waals surface area contributed by atoms with Gasteiger partial charge < -0.3 is 5.11 Å². The summed E-state index contributed by atoms with van der Waals surface area (Å²) in [5, 5.41) is 11.1. The van der Waals surface area contributed by atoms with Gasteiger partial charge in [-0.3, -0.25) is 0 Å². The summed E-state index contributed by atoms with van der Waals surface area (Å²) in [4.78, 5) is 0. The molecule has 0 amide bonds. The average molecular weight is 260 g/mol. The highest BCUT2D eigenvalue weighted by Gasteiger charge is 2.43. The molecule has 1 aromatic rings. The molecule has 0 aromatic heterocycles. The van der Waals surface area contributed by atoms with E-state index in [0.29, 0.717) is 11.3 Å². The molecule has 0 radical (unpaired) electrons. The lowest BCUT2D eigenvalue weighted by Gasteiger charge is -2.45. The largest absolute Gasteiger partial charge is 0.385 e. The Labute approximate surface area is 118 Å². The van der Waals surface area contributed by atoms with Crippen molar-refractivity contribution in [2.24, 2.45) is 11.3 Å². The Hall–Kier alpha value is -0.820. The van der Waals surface area contributed by atoms with Crippen LogP contribution in [0.1, 0.15) is 64.5 Å². The Kier molecular flexibility index (Phi) is 4.06. The molecule has 19 heavy (non-hydrogen) atoms. The molecule has 1 N–H and O–H groups in total. The highest BCUT2D eigenvalue weighted by molar-refractivity contribution is 5.29. The first-order chi connectivity index (χ1) is 8.87. The van der Waals surface area contributed by atoms with E-state index in [9.17, 15) is 5.11 Å². The van der Waals surface area contributed by atoms with Gasteiger partial charge in [-0.2, -0.15) is 0 Å². The maximum absolute atomic E-state index is 11.1. The molecule has 1 fully saturated rings. The molecule has 2 atom stereocenters. The molecule has 0 bridgehead atoms. The number of hydrogen-bond acceptors (Lipinski definition) is 1. The number of rotatable bonds is 3. The van der Waals surface area contributed by atoms with Gasteiger partial charge in [-0.1, -0.05) is 58.4 Å². The Balaban J connectivity index is 2.27. The molecule has 106 valence electrons. The van der Waals surface area contributed by atoms with E-state index < -0.39 is 5.60 Å². The zero-order valence-corrected chi connectivity index (χ0v) is 12.9. The molecule has 0 saturated heterocycles. The van der Waals surface area contributed by atoms with E-state index in [1.807, 2.05) is 0 Å². The maximum Gasteiger partial charge on any atom is 0.0922 e. The van der Waals surface area contributed by atoms with Crippen LogP contribution in [0.4, 0.5) is 0 Å². The Morgan fingerprint density at radius 1 is 1.26 bits per heavy atom. The molecule has 0 spiro atoms. The van der Waals surface area contributed by atoms with Crippen molar-refractivity contribution in [2.75, 3.05) is 0 Å². The van der Waals surface area contributed by atoms with E-state index in [4.69, 9.17) is 0 Å². The summed E-state index contributed by atoms with van der Waals surface area (Å²) in [6.07, 6.45) is 5.35. The fourth-order valence-electron chi connectivity index (χ4n) is 3.59. The van der Waals surface area contributed by atoms with Gasteiger partial charge in [0.2, 0.25) is 0 Å². The van der Waals surface area contributed by atoms with Crippen LogP contribution in [0.5, 0.6) is 0 Å². The summed E-state index contributed by atoms with van der Waals surface area (Å²) in [6.45, 7) is 9.04. The standard InChI is InChI=1S/C18H28O/c1-5-7-15-8-6-9-16(12-15)18(19)11-10-17(3,4)13-14(18)2/h6,8-9,12,14,19H,5,7,10-11,13H2,1-4H3. The van der Waals surface area contributed by atoms with Gasteiger partial charge in [-0.05, 0) is 48.1 Å². The second kappa shape index (κ2) is 5.28. The van der Waals surface area contributed by atoms with Crippen molar-refractivity contribution < 1.29 is 5.11 Å². The van der Waals surface area contributed by atoms with Gasteiger partial charge >= 0.3 is 0 Å². The van der Waals surface area contributed by atoms with Crippen molar-refractivity contribution in [1.29, 1.82) is 0 Å². The van der Waals surface area contributed by atoms with Gasteiger partial charge in [-0.15, -0.1) is 0 Å². The number of aliphatic hydroxyl groups is 1. The fraction of sp³-hybridized carbons (Fsp3) is 0.667.